The second-order valence-corrected chi connectivity index (χ2v) is 8.32. The third-order valence-corrected chi connectivity index (χ3v) is 6.14. The first kappa shape index (κ1) is 23.2. The lowest BCUT2D eigenvalue weighted by Gasteiger charge is -2.36. The SMILES string of the molecule is O=C(NC[C@H]1O[C@@H](CC(=O)N2CCN(c3ccccc3)CC2)C(O)[C@@H]1O)c1cccc(F)c1. The van der Waals surface area contributed by atoms with E-state index < -0.39 is 36.1 Å². The molecule has 2 heterocycles. The molecule has 2 aliphatic heterocycles. The number of amides is 2. The summed E-state index contributed by atoms with van der Waals surface area (Å²) in [6.07, 6.45) is -4.28. The molecule has 4 rings (SSSR count). The molecule has 1 unspecified atom stereocenters. The van der Waals surface area contributed by atoms with Crippen LogP contribution in [0.1, 0.15) is 16.8 Å². The third kappa shape index (κ3) is 5.50. The van der Waals surface area contributed by atoms with Crippen molar-refractivity contribution in [2.75, 3.05) is 37.6 Å². The molecule has 2 aliphatic rings. The highest BCUT2D eigenvalue weighted by Gasteiger charge is 2.44. The molecule has 0 spiro atoms. The maximum absolute atomic E-state index is 13.3. The molecule has 0 bridgehead atoms. The summed E-state index contributed by atoms with van der Waals surface area (Å²) in [7, 11) is 0. The van der Waals surface area contributed by atoms with Gasteiger partial charge in [0.05, 0.1) is 12.5 Å². The first-order valence-corrected chi connectivity index (χ1v) is 11.1. The molecule has 9 heteroatoms. The Morgan fingerprint density at radius 2 is 1.67 bits per heavy atom. The van der Waals surface area contributed by atoms with Gasteiger partial charge in [0.2, 0.25) is 5.91 Å². The molecular formula is C24H28FN3O5. The fraction of sp³-hybridized carbons (Fsp3) is 0.417. The smallest absolute Gasteiger partial charge is 0.251 e. The number of ether oxygens (including phenoxy) is 1. The maximum Gasteiger partial charge on any atom is 0.251 e. The van der Waals surface area contributed by atoms with Crippen LogP contribution in [0.5, 0.6) is 0 Å². The predicted octanol–water partition coefficient (Wildman–Crippen LogP) is 0.784. The lowest BCUT2D eigenvalue weighted by molar-refractivity contribution is -0.135. The van der Waals surface area contributed by atoms with Gasteiger partial charge in [0.15, 0.2) is 0 Å². The van der Waals surface area contributed by atoms with Crippen molar-refractivity contribution < 1.29 is 28.9 Å². The van der Waals surface area contributed by atoms with Crippen LogP contribution in [0.3, 0.4) is 0 Å². The van der Waals surface area contributed by atoms with Crippen molar-refractivity contribution in [2.24, 2.45) is 0 Å². The number of benzene rings is 2. The van der Waals surface area contributed by atoms with E-state index >= 15 is 0 Å². The Kier molecular flexibility index (Phi) is 7.22. The zero-order valence-electron chi connectivity index (χ0n) is 18.1. The molecule has 2 amide bonds. The average Bonchev–Trinajstić information content (AvgIpc) is 3.11. The topological polar surface area (TPSA) is 102 Å². The second-order valence-electron chi connectivity index (χ2n) is 8.32. The van der Waals surface area contributed by atoms with Crippen LogP contribution in [0.4, 0.5) is 10.1 Å². The maximum atomic E-state index is 13.3. The predicted molar refractivity (Wildman–Crippen MR) is 119 cm³/mol. The Bertz CT molecular complexity index is 968. The lowest BCUT2D eigenvalue weighted by atomic mass is 10.0. The number of carbonyl (C=O) groups is 2. The van der Waals surface area contributed by atoms with Crippen LogP contribution in [0.15, 0.2) is 54.6 Å². The number of hydrogen-bond donors (Lipinski definition) is 3. The number of nitrogens with zero attached hydrogens (tertiary/aromatic N) is 2. The summed E-state index contributed by atoms with van der Waals surface area (Å²) < 4.78 is 19.0. The van der Waals surface area contributed by atoms with E-state index in [1.165, 1.54) is 18.2 Å². The van der Waals surface area contributed by atoms with E-state index in [1.54, 1.807) is 4.90 Å². The minimum absolute atomic E-state index is 0.0576. The van der Waals surface area contributed by atoms with Crippen molar-refractivity contribution in [1.82, 2.24) is 10.2 Å². The highest BCUT2D eigenvalue weighted by atomic mass is 19.1. The van der Waals surface area contributed by atoms with Crippen LogP contribution >= 0.6 is 0 Å². The summed E-state index contributed by atoms with van der Waals surface area (Å²) >= 11 is 0. The number of carbonyl (C=O) groups excluding carboxylic acids is 2. The fourth-order valence-corrected chi connectivity index (χ4v) is 4.24. The lowest BCUT2D eigenvalue weighted by Crippen LogP contribution is -2.49. The molecule has 8 nitrogen and oxygen atoms in total. The van der Waals surface area contributed by atoms with Gasteiger partial charge in [0.25, 0.3) is 5.91 Å². The van der Waals surface area contributed by atoms with Gasteiger partial charge in [-0.25, -0.2) is 4.39 Å². The van der Waals surface area contributed by atoms with Gasteiger partial charge >= 0.3 is 0 Å². The molecule has 0 aliphatic carbocycles. The quantitative estimate of drug-likeness (QED) is 0.593. The summed E-state index contributed by atoms with van der Waals surface area (Å²) in [6, 6.07) is 15.2. The van der Waals surface area contributed by atoms with E-state index in [0.29, 0.717) is 26.2 Å². The van der Waals surface area contributed by atoms with Crippen LogP contribution in [0.25, 0.3) is 0 Å². The molecule has 2 fully saturated rings. The molecule has 2 aromatic rings. The Balaban J connectivity index is 1.26. The normalized spacial score (nSPS) is 25.2. The van der Waals surface area contributed by atoms with Crippen molar-refractivity contribution in [3.05, 3.63) is 66.0 Å². The van der Waals surface area contributed by atoms with Crippen LogP contribution in [0, 0.1) is 5.82 Å². The molecule has 0 radical (unpaired) electrons. The van der Waals surface area contributed by atoms with Crippen LogP contribution in [-0.4, -0.2) is 84.1 Å². The molecule has 3 N–H and O–H groups in total. The Morgan fingerprint density at radius 3 is 2.36 bits per heavy atom. The van der Waals surface area contributed by atoms with Crippen molar-refractivity contribution in [3.63, 3.8) is 0 Å². The number of nitrogens with one attached hydrogen (secondary N) is 1. The van der Waals surface area contributed by atoms with Gasteiger partial charge in [-0.15, -0.1) is 0 Å². The van der Waals surface area contributed by atoms with Crippen LogP contribution in [0.2, 0.25) is 0 Å². The van der Waals surface area contributed by atoms with Gasteiger partial charge in [-0.2, -0.15) is 0 Å². The fourth-order valence-electron chi connectivity index (χ4n) is 4.24. The van der Waals surface area contributed by atoms with E-state index in [1.807, 2.05) is 30.3 Å². The van der Waals surface area contributed by atoms with E-state index in [0.717, 1.165) is 11.8 Å². The van der Waals surface area contributed by atoms with E-state index in [9.17, 15) is 24.2 Å². The van der Waals surface area contributed by atoms with E-state index in [4.69, 9.17) is 4.74 Å². The van der Waals surface area contributed by atoms with E-state index in [2.05, 4.69) is 10.2 Å². The third-order valence-electron chi connectivity index (χ3n) is 6.14. The summed E-state index contributed by atoms with van der Waals surface area (Å²) in [5.41, 5.74) is 1.26. The monoisotopic (exact) mass is 457 g/mol. The Labute approximate surface area is 191 Å². The standard InChI is InChI=1S/C24H28FN3O5/c25-17-6-4-5-16(13-17)24(32)26-15-20-23(31)22(30)19(33-20)14-21(29)28-11-9-27(10-12-28)18-7-2-1-3-8-18/h1-8,13,19-20,22-23,30-31H,9-12,14-15H2,(H,26,32)/t19-,20+,22?,23+/m0/s1. The molecule has 2 aromatic carbocycles. The summed E-state index contributed by atoms with van der Waals surface area (Å²) in [4.78, 5) is 28.9. The molecular weight excluding hydrogens is 429 g/mol. The van der Waals surface area contributed by atoms with Crippen molar-refractivity contribution >= 4 is 17.5 Å². The largest absolute Gasteiger partial charge is 0.388 e. The molecule has 33 heavy (non-hydrogen) atoms. The molecule has 176 valence electrons. The molecule has 4 atom stereocenters. The number of anilines is 1. The van der Waals surface area contributed by atoms with Crippen LogP contribution < -0.4 is 10.2 Å². The molecule has 0 saturated carbocycles. The minimum Gasteiger partial charge on any atom is -0.388 e. The van der Waals surface area contributed by atoms with Crippen LogP contribution in [-0.2, 0) is 9.53 Å². The van der Waals surface area contributed by atoms with Gasteiger partial charge in [-0.05, 0) is 30.3 Å². The summed E-state index contributed by atoms with van der Waals surface area (Å²) in [6.45, 7) is 2.47. The second kappa shape index (κ2) is 10.3. The highest BCUT2D eigenvalue weighted by molar-refractivity contribution is 5.94. The van der Waals surface area contributed by atoms with E-state index in [-0.39, 0.29) is 24.4 Å². The van der Waals surface area contributed by atoms with Gasteiger partial charge in [0, 0.05) is 44.0 Å². The van der Waals surface area contributed by atoms with Gasteiger partial charge < -0.3 is 30.1 Å². The first-order chi connectivity index (χ1) is 15.9. The van der Waals surface area contributed by atoms with Crippen molar-refractivity contribution in [1.29, 1.82) is 0 Å². The zero-order chi connectivity index (χ0) is 23.4. The summed E-state index contributed by atoms with van der Waals surface area (Å²) in [5, 5.41) is 23.3. The number of halogens is 1. The minimum atomic E-state index is -1.24. The number of piperazine rings is 1. The van der Waals surface area contributed by atoms with Gasteiger partial charge in [-0.3, -0.25) is 9.59 Å². The number of para-hydroxylation sites is 1. The van der Waals surface area contributed by atoms with Gasteiger partial charge in [0.1, 0.15) is 24.1 Å². The number of aliphatic hydroxyl groups excluding tert-OH is 2. The van der Waals surface area contributed by atoms with Gasteiger partial charge in [-0.1, -0.05) is 24.3 Å². The summed E-state index contributed by atoms with van der Waals surface area (Å²) in [5.74, 6) is -1.20. The van der Waals surface area contributed by atoms with Crippen molar-refractivity contribution in [2.45, 2.75) is 30.8 Å². The average molecular weight is 458 g/mol. The highest BCUT2D eigenvalue weighted by Crippen LogP contribution is 2.25. The van der Waals surface area contributed by atoms with Crippen molar-refractivity contribution in [3.8, 4) is 0 Å². The Hall–Kier alpha value is -3.01. The molecule has 2 saturated heterocycles. The number of rotatable bonds is 6. The Morgan fingerprint density at radius 1 is 0.970 bits per heavy atom. The first-order valence-electron chi connectivity index (χ1n) is 11.1. The number of aliphatic hydroxyl groups is 2. The molecule has 0 aromatic heterocycles. The number of hydrogen-bond acceptors (Lipinski definition) is 6. The zero-order valence-corrected chi connectivity index (χ0v) is 18.1.